The molecule has 5 heteroatoms. The third-order valence-corrected chi connectivity index (χ3v) is 6.46. The normalized spacial score (nSPS) is 24.6. The second-order valence-electron chi connectivity index (χ2n) is 7.30. The molecule has 1 aliphatic carbocycles. The molecule has 134 valence electrons. The smallest absolute Gasteiger partial charge is 0.252 e. The van der Waals surface area contributed by atoms with Crippen LogP contribution in [-0.2, 0) is 6.42 Å². The van der Waals surface area contributed by atoms with Gasteiger partial charge in [-0.05, 0) is 55.5 Å². The standard InChI is InChI=1S/C21H21ClN2OS/c1-21(23-19(25)15-6-4-7-16(22)13-15)11-12-24(20(21)26)18-10-9-14-5-2-3-8-17(14)18/h2-8,13,18H,9-12H2,1H3,(H,23,25)/t18-,21+/m1/s1. The first-order valence-electron chi connectivity index (χ1n) is 8.95. The van der Waals surface area contributed by atoms with Crippen molar-refractivity contribution in [1.82, 2.24) is 10.2 Å². The Morgan fingerprint density at radius 3 is 2.88 bits per heavy atom. The Kier molecular flexibility index (Phi) is 4.49. The Hall–Kier alpha value is -1.91. The SMILES string of the molecule is C[C@]1(NC(=O)c2cccc(Cl)c2)CCN([C@@H]2CCc3ccccc32)C1=S. The summed E-state index contributed by atoms with van der Waals surface area (Å²) in [5.74, 6) is -0.133. The van der Waals surface area contributed by atoms with E-state index in [0.717, 1.165) is 30.8 Å². The highest BCUT2D eigenvalue weighted by Gasteiger charge is 2.44. The maximum absolute atomic E-state index is 12.7. The predicted octanol–water partition coefficient (Wildman–Crippen LogP) is 4.55. The van der Waals surface area contributed by atoms with Crippen LogP contribution in [0, 0.1) is 0 Å². The lowest BCUT2D eigenvalue weighted by atomic mass is 10.0. The molecule has 1 saturated heterocycles. The number of hydrogen-bond donors (Lipinski definition) is 1. The third-order valence-electron chi connectivity index (χ3n) is 5.54. The van der Waals surface area contributed by atoms with Crippen molar-refractivity contribution in [3.8, 4) is 0 Å². The molecule has 4 rings (SSSR count). The zero-order valence-corrected chi connectivity index (χ0v) is 16.2. The van der Waals surface area contributed by atoms with Gasteiger partial charge in [0.1, 0.15) is 4.99 Å². The van der Waals surface area contributed by atoms with Gasteiger partial charge in [-0.2, -0.15) is 0 Å². The second-order valence-corrected chi connectivity index (χ2v) is 8.12. The number of nitrogens with zero attached hydrogens (tertiary/aromatic N) is 1. The molecule has 0 aromatic heterocycles. The number of likely N-dealkylation sites (tertiary alicyclic amines) is 1. The third kappa shape index (κ3) is 3.01. The predicted molar refractivity (Wildman–Crippen MR) is 109 cm³/mol. The van der Waals surface area contributed by atoms with Gasteiger partial charge in [0.25, 0.3) is 5.91 Å². The van der Waals surface area contributed by atoms with Crippen molar-refractivity contribution in [2.45, 2.75) is 37.8 Å². The topological polar surface area (TPSA) is 32.3 Å². The molecule has 0 bridgehead atoms. The van der Waals surface area contributed by atoms with Crippen molar-refractivity contribution in [3.05, 3.63) is 70.2 Å². The minimum absolute atomic E-state index is 0.133. The van der Waals surface area contributed by atoms with Crippen LogP contribution >= 0.6 is 23.8 Å². The highest BCUT2D eigenvalue weighted by Crippen LogP contribution is 2.40. The van der Waals surface area contributed by atoms with E-state index in [-0.39, 0.29) is 5.91 Å². The van der Waals surface area contributed by atoms with E-state index in [1.807, 2.05) is 6.92 Å². The Balaban J connectivity index is 1.52. The number of benzene rings is 2. The van der Waals surface area contributed by atoms with E-state index in [1.165, 1.54) is 11.1 Å². The number of rotatable bonds is 3. The first-order chi connectivity index (χ1) is 12.5. The quantitative estimate of drug-likeness (QED) is 0.788. The molecular formula is C21H21ClN2OS. The minimum Gasteiger partial charge on any atom is -0.357 e. The lowest BCUT2D eigenvalue weighted by Crippen LogP contribution is -2.51. The maximum Gasteiger partial charge on any atom is 0.252 e. The fraction of sp³-hybridized carbons (Fsp3) is 0.333. The number of amides is 1. The van der Waals surface area contributed by atoms with E-state index in [2.05, 4.69) is 34.5 Å². The van der Waals surface area contributed by atoms with Crippen LogP contribution < -0.4 is 5.32 Å². The van der Waals surface area contributed by atoms with Crippen molar-refractivity contribution >= 4 is 34.7 Å². The number of fused-ring (bicyclic) bond motifs is 1. The maximum atomic E-state index is 12.7. The number of aryl methyl sites for hydroxylation is 1. The zero-order valence-electron chi connectivity index (χ0n) is 14.7. The van der Waals surface area contributed by atoms with Gasteiger partial charge in [0.05, 0.1) is 11.6 Å². The van der Waals surface area contributed by atoms with E-state index in [1.54, 1.807) is 24.3 Å². The van der Waals surface area contributed by atoms with Crippen molar-refractivity contribution < 1.29 is 4.79 Å². The molecule has 1 fully saturated rings. The Morgan fingerprint density at radius 2 is 2.08 bits per heavy atom. The summed E-state index contributed by atoms with van der Waals surface area (Å²) in [5, 5.41) is 3.70. The summed E-state index contributed by atoms with van der Waals surface area (Å²) in [6, 6.07) is 15.9. The van der Waals surface area contributed by atoms with Crippen molar-refractivity contribution in [2.24, 2.45) is 0 Å². The van der Waals surface area contributed by atoms with Gasteiger partial charge in [0, 0.05) is 17.1 Å². The van der Waals surface area contributed by atoms with Crippen LogP contribution in [0.4, 0.5) is 0 Å². The van der Waals surface area contributed by atoms with E-state index in [4.69, 9.17) is 23.8 Å². The Morgan fingerprint density at radius 1 is 1.27 bits per heavy atom. The molecule has 26 heavy (non-hydrogen) atoms. The number of hydrogen-bond acceptors (Lipinski definition) is 2. The van der Waals surface area contributed by atoms with Gasteiger partial charge < -0.3 is 10.2 Å². The van der Waals surface area contributed by atoms with Crippen molar-refractivity contribution in [1.29, 1.82) is 0 Å². The molecule has 2 aromatic carbocycles. The van der Waals surface area contributed by atoms with E-state index in [0.29, 0.717) is 16.6 Å². The van der Waals surface area contributed by atoms with Crippen molar-refractivity contribution in [2.75, 3.05) is 6.54 Å². The summed E-state index contributed by atoms with van der Waals surface area (Å²) in [5.41, 5.74) is 2.84. The van der Waals surface area contributed by atoms with Crippen LogP contribution in [0.3, 0.4) is 0 Å². The average molecular weight is 385 g/mol. The molecule has 0 unspecified atom stereocenters. The van der Waals surface area contributed by atoms with Gasteiger partial charge in [0.2, 0.25) is 0 Å². The summed E-state index contributed by atoms with van der Waals surface area (Å²) in [7, 11) is 0. The number of halogens is 1. The molecular weight excluding hydrogens is 364 g/mol. The molecule has 0 spiro atoms. The summed E-state index contributed by atoms with van der Waals surface area (Å²) < 4.78 is 0. The largest absolute Gasteiger partial charge is 0.357 e. The summed E-state index contributed by atoms with van der Waals surface area (Å²) in [6.45, 7) is 2.89. The minimum atomic E-state index is -0.508. The number of thiocarbonyl (C=S) groups is 1. The lowest BCUT2D eigenvalue weighted by Gasteiger charge is -2.31. The van der Waals surface area contributed by atoms with Gasteiger partial charge in [-0.25, -0.2) is 0 Å². The molecule has 3 nitrogen and oxygen atoms in total. The molecule has 2 aliphatic rings. The van der Waals surface area contributed by atoms with Gasteiger partial charge in [-0.1, -0.05) is 54.2 Å². The molecule has 1 amide bonds. The lowest BCUT2D eigenvalue weighted by molar-refractivity contribution is 0.0928. The van der Waals surface area contributed by atoms with Crippen LogP contribution in [0.15, 0.2) is 48.5 Å². The van der Waals surface area contributed by atoms with Crippen LogP contribution in [-0.4, -0.2) is 27.9 Å². The monoisotopic (exact) mass is 384 g/mol. The van der Waals surface area contributed by atoms with Crippen LogP contribution in [0.25, 0.3) is 0 Å². The average Bonchev–Trinajstić information content (AvgIpc) is 3.17. The Bertz CT molecular complexity index is 884. The number of carbonyl (C=O) groups excluding carboxylic acids is 1. The van der Waals surface area contributed by atoms with Crippen LogP contribution in [0.2, 0.25) is 5.02 Å². The zero-order chi connectivity index (χ0) is 18.3. The summed E-state index contributed by atoms with van der Waals surface area (Å²) in [6.07, 6.45) is 2.99. The molecule has 0 radical (unpaired) electrons. The van der Waals surface area contributed by atoms with Gasteiger partial charge >= 0.3 is 0 Å². The highest BCUT2D eigenvalue weighted by molar-refractivity contribution is 7.80. The molecule has 1 aliphatic heterocycles. The fourth-order valence-electron chi connectivity index (χ4n) is 4.09. The first-order valence-corrected chi connectivity index (χ1v) is 9.73. The number of carbonyl (C=O) groups is 1. The summed E-state index contributed by atoms with van der Waals surface area (Å²) in [4.78, 5) is 15.8. The van der Waals surface area contributed by atoms with Gasteiger partial charge in [-0.15, -0.1) is 0 Å². The van der Waals surface area contributed by atoms with E-state index >= 15 is 0 Å². The Labute approximate surface area is 164 Å². The first kappa shape index (κ1) is 17.5. The molecule has 2 atom stereocenters. The highest BCUT2D eigenvalue weighted by atomic mass is 35.5. The second kappa shape index (κ2) is 6.67. The summed E-state index contributed by atoms with van der Waals surface area (Å²) >= 11 is 11.8. The molecule has 0 saturated carbocycles. The van der Waals surface area contributed by atoms with Crippen molar-refractivity contribution in [3.63, 3.8) is 0 Å². The van der Waals surface area contributed by atoms with Gasteiger partial charge in [0.15, 0.2) is 0 Å². The molecule has 1 heterocycles. The number of nitrogens with one attached hydrogen (secondary N) is 1. The molecule has 2 aromatic rings. The van der Waals surface area contributed by atoms with Gasteiger partial charge in [-0.3, -0.25) is 4.79 Å². The van der Waals surface area contributed by atoms with E-state index in [9.17, 15) is 4.79 Å². The van der Waals surface area contributed by atoms with Crippen LogP contribution in [0.5, 0.6) is 0 Å². The fourth-order valence-corrected chi connectivity index (χ4v) is 4.66. The van der Waals surface area contributed by atoms with Crippen LogP contribution in [0.1, 0.15) is 47.3 Å². The molecule has 1 N–H and O–H groups in total. The van der Waals surface area contributed by atoms with E-state index < -0.39 is 5.54 Å².